The van der Waals surface area contributed by atoms with E-state index in [4.69, 9.17) is 10.2 Å². The summed E-state index contributed by atoms with van der Waals surface area (Å²) in [6.45, 7) is 1.98. The second kappa shape index (κ2) is 6.89. The summed E-state index contributed by atoms with van der Waals surface area (Å²) in [4.78, 5) is 21.5. The monoisotopic (exact) mass is 266 g/mol. The second-order valence-electron chi connectivity index (χ2n) is 4.61. The highest BCUT2D eigenvalue weighted by Gasteiger charge is 2.31. The van der Waals surface area contributed by atoms with Gasteiger partial charge >= 0.3 is 11.9 Å². The molecule has 0 saturated heterocycles. The van der Waals surface area contributed by atoms with Gasteiger partial charge in [-0.3, -0.25) is 4.79 Å². The number of hydrogen-bond acceptors (Lipinski definition) is 3. The van der Waals surface area contributed by atoms with Gasteiger partial charge in [0.05, 0.1) is 5.92 Å². The van der Waals surface area contributed by atoms with Crippen molar-refractivity contribution >= 4 is 11.9 Å². The van der Waals surface area contributed by atoms with Crippen LogP contribution < -0.4 is 0 Å². The van der Waals surface area contributed by atoms with Crippen molar-refractivity contribution < 1.29 is 24.9 Å². The number of aliphatic carboxylic acids is 2. The van der Waals surface area contributed by atoms with Crippen LogP contribution in [0.1, 0.15) is 24.0 Å². The van der Waals surface area contributed by atoms with Crippen molar-refractivity contribution in [1.29, 1.82) is 0 Å². The van der Waals surface area contributed by atoms with E-state index in [2.05, 4.69) is 0 Å². The third-order valence-electron chi connectivity index (χ3n) is 3.05. The Kier molecular flexibility index (Phi) is 5.51. The van der Waals surface area contributed by atoms with Crippen molar-refractivity contribution in [1.82, 2.24) is 0 Å². The molecule has 0 aromatic heterocycles. The summed E-state index contributed by atoms with van der Waals surface area (Å²) in [5.74, 6) is -4.04. The molecule has 0 fully saturated rings. The Hall–Kier alpha value is -1.88. The summed E-state index contributed by atoms with van der Waals surface area (Å²) in [5.41, 5.74) is 2.22. The van der Waals surface area contributed by atoms with Crippen LogP contribution in [-0.4, -0.2) is 33.4 Å². The van der Waals surface area contributed by atoms with E-state index >= 15 is 0 Å². The Morgan fingerprint density at radius 3 is 2.16 bits per heavy atom. The molecule has 0 heterocycles. The molecule has 0 aliphatic carbocycles. The number of aliphatic hydroxyl groups is 1. The third-order valence-corrected chi connectivity index (χ3v) is 3.05. The molecular formula is C14H18O5. The quantitative estimate of drug-likeness (QED) is 0.694. The van der Waals surface area contributed by atoms with Crippen LogP contribution in [0, 0.1) is 12.8 Å². The number of hydrogen-bond donors (Lipinski definition) is 3. The molecule has 1 rings (SSSR count). The van der Waals surface area contributed by atoms with Gasteiger partial charge in [0.15, 0.2) is 6.10 Å². The molecule has 1 aromatic carbocycles. The number of benzene rings is 1. The van der Waals surface area contributed by atoms with E-state index in [0.29, 0.717) is 12.8 Å². The molecule has 5 heteroatoms. The molecule has 1 aromatic rings. The van der Waals surface area contributed by atoms with Crippen LogP contribution in [0.25, 0.3) is 0 Å². The maximum atomic E-state index is 10.9. The van der Waals surface area contributed by atoms with Crippen LogP contribution in [0.2, 0.25) is 0 Å². The van der Waals surface area contributed by atoms with E-state index in [0.717, 1.165) is 11.1 Å². The topological polar surface area (TPSA) is 94.8 Å². The average molecular weight is 266 g/mol. The van der Waals surface area contributed by atoms with Gasteiger partial charge in [-0.15, -0.1) is 0 Å². The number of carboxylic acid groups (broad SMARTS) is 2. The molecule has 0 aliphatic rings. The van der Waals surface area contributed by atoms with E-state index in [1.165, 1.54) is 0 Å². The van der Waals surface area contributed by atoms with Crippen LogP contribution in [-0.2, 0) is 16.0 Å². The molecule has 104 valence electrons. The normalized spacial score (nSPS) is 13.8. The minimum absolute atomic E-state index is 0.136. The van der Waals surface area contributed by atoms with Crippen molar-refractivity contribution in [3.63, 3.8) is 0 Å². The first-order valence-corrected chi connectivity index (χ1v) is 6.11. The fourth-order valence-electron chi connectivity index (χ4n) is 1.87. The molecule has 3 N–H and O–H groups in total. The van der Waals surface area contributed by atoms with Gasteiger partial charge in [0.2, 0.25) is 0 Å². The molecule has 0 saturated carbocycles. The standard InChI is InChI=1S/C14H18O5/c1-9-5-7-10(8-6-9)3-2-4-11(13(16)17)12(15)14(18)19/h5-8,11-12,15H,2-4H2,1H3,(H,16,17)(H,18,19)/t11-,12+/m1/s1. The smallest absolute Gasteiger partial charge is 0.333 e. The molecule has 0 spiro atoms. The van der Waals surface area contributed by atoms with E-state index in [1.54, 1.807) is 0 Å². The first-order valence-electron chi connectivity index (χ1n) is 6.11. The second-order valence-corrected chi connectivity index (χ2v) is 4.61. The maximum absolute atomic E-state index is 10.9. The van der Waals surface area contributed by atoms with Gasteiger partial charge in [-0.2, -0.15) is 0 Å². The summed E-state index contributed by atoms with van der Waals surface area (Å²) < 4.78 is 0. The zero-order valence-corrected chi connectivity index (χ0v) is 10.7. The van der Waals surface area contributed by atoms with Gasteiger partial charge in [0.25, 0.3) is 0 Å². The zero-order valence-electron chi connectivity index (χ0n) is 10.7. The molecule has 5 nitrogen and oxygen atoms in total. The molecule has 19 heavy (non-hydrogen) atoms. The largest absolute Gasteiger partial charge is 0.481 e. The Balaban J connectivity index is 2.51. The van der Waals surface area contributed by atoms with Gasteiger partial charge in [0, 0.05) is 0 Å². The predicted octanol–water partition coefficient (Wildman–Crippen LogP) is 1.46. The maximum Gasteiger partial charge on any atom is 0.333 e. The number of carbonyl (C=O) groups is 2. The van der Waals surface area contributed by atoms with Crippen molar-refractivity contribution in [2.24, 2.45) is 5.92 Å². The first-order chi connectivity index (χ1) is 8.91. The molecule has 0 radical (unpaired) electrons. The fourth-order valence-corrected chi connectivity index (χ4v) is 1.87. The number of aryl methyl sites for hydroxylation is 2. The summed E-state index contributed by atoms with van der Waals surface area (Å²) in [6, 6.07) is 7.85. The lowest BCUT2D eigenvalue weighted by Gasteiger charge is -2.15. The van der Waals surface area contributed by atoms with Gasteiger partial charge in [-0.05, 0) is 31.7 Å². The van der Waals surface area contributed by atoms with Gasteiger partial charge in [-0.1, -0.05) is 29.8 Å². The zero-order chi connectivity index (χ0) is 14.4. The van der Waals surface area contributed by atoms with E-state index in [1.807, 2.05) is 31.2 Å². The summed E-state index contributed by atoms with van der Waals surface area (Å²) >= 11 is 0. The molecule has 0 amide bonds. The first kappa shape index (κ1) is 15.2. The lowest BCUT2D eigenvalue weighted by Crippen LogP contribution is -2.34. The van der Waals surface area contributed by atoms with Crippen LogP contribution in [0.3, 0.4) is 0 Å². The predicted molar refractivity (Wildman–Crippen MR) is 68.9 cm³/mol. The molecular weight excluding hydrogens is 248 g/mol. The molecule has 0 aliphatic heterocycles. The third kappa shape index (κ3) is 4.71. The molecule has 0 bridgehead atoms. The number of aliphatic hydroxyl groups excluding tert-OH is 1. The van der Waals surface area contributed by atoms with E-state index < -0.39 is 24.0 Å². The highest BCUT2D eigenvalue weighted by atomic mass is 16.4. The Bertz CT molecular complexity index is 438. The lowest BCUT2D eigenvalue weighted by atomic mass is 9.94. The van der Waals surface area contributed by atoms with Crippen LogP contribution in [0.4, 0.5) is 0 Å². The minimum atomic E-state index is -1.85. The van der Waals surface area contributed by atoms with Gasteiger partial charge in [0.1, 0.15) is 0 Å². The number of carboxylic acids is 2. The summed E-state index contributed by atoms with van der Waals surface area (Å²) in [7, 11) is 0. The lowest BCUT2D eigenvalue weighted by molar-refractivity contribution is -0.159. The van der Waals surface area contributed by atoms with Crippen molar-refractivity contribution in [2.75, 3.05) is 0 Å². The molecule has 0 unspecified atom stereocenters. The highest BCUT2D eigenvalue weighted by molar-refractivity contribution is 5.81. The van der Waals surface area contributed by atoms with Crippen LogP contribution in [0.5, 0.6) is 0 Å². The molecule has 2 atom stereocenters. The van der Waals surface area contributed by atoms with E-state index in [-0.39, 0.29) is 6.42 Å². The fraction of sp³-hybridized carbons (Fsp3) is 0.429. The van der Waals surface area contributed by atoms with Crippen molar-refractivity contribution in [3.05, 3.63) is 35.4 Å². The minimum Gasteiger partial charge on any atom is -0.481 e. The van der Waals surface area contributed by atoms with Gasteiger partial charge in [-0.25, -0.2) is 4.79 Å². The average Bonchev–Trinajstić information content (AvgIpc) is 2.35. The SMILES string of the molecule is Cc1ccc(CCC[C@@H](C(=O)O)[C@H](O)C(=O)O)cc1. The van der Waals surface area contributed by atoms with E-state index in [9.17, 15) is 14.7 Å². The van der Waals surface area contributed by atoms with Crippen molar-refractivity contribution in [3.8, 4) is 0 Å². The summed E-state index contributed by atoms with van der Waals surface area (Å²) in [5, 5.41) is 26.8. The van der Waals surface area contributed by atoms with Crippen LogP contribution in [0.15, 0.2) is 24.3 Å². The summed E-state index contributed by atoms with van der Waals surface area (Å²) in [6.07, 6.45) is -0.534. The highest BCUT2D eigenvalue weighted by Crippen LogP contribution is 2.15. The number of rotatable bonds is 7. The van der Waals surface area contributed by atoms with Crippen molar-refractivity contribution in [2.45, 2.75) is 32.3 Å². The van der Waals surface area contributed by atoms with Gasteiger partial charge < -0.3 is 15.3 Å². The Labute approximate surface area is 111 Å². The Morgan fingerprint density at radius 2 is 1.68 bits per heavy atom. The van der Waals surface area contributed by atoms with Crippen LogP contribution >= 0.6 is 0 Å². The Morgan fingerprint density at radius 1 is 1.11 bits per heavy atom.